The summed E-state index contributed by atoms with van der Waals surface area (Å²) in [6.07, 6.45) is 1.52. The van der Waals surface area contributed by atoms with Crippen molar-refractivity contribution in [1.82, 2.24) is 14.8 Å². The van der Waals surface area contributed by atoms with Gasteiger partial charge in [0.2, 0.25) is 0 Å². The SMILES string of the molecule is CCOC(=O)C(C)n1cnc(-c2ccc(N)cc2)n1. The Balaban J connectivity index is 2.19. The smallest absolute Gasteiger partial charge is 0.330 e. The number of nitrogens with two attached hydrogens (primary N) is 1. The fourth-order valence-electron chi connectivity index (χ4n) is 1.60. The minimum Gasteiger partial charge on any atom is -0.464 e. The van der Waals surface area contributed by atoms with E-state index in [2.05, 4.69) is 10.1 Å². The van der Waals surface area contributed by atoms with E-state index in [9.17, 15) is 4.79 Å². The van der Waals surface area contributed by atoms with Gasteiger partial charge in [0, 0.05) is 11.3 Å². The van der Waals surface area contributed by atoms with Crippen molar-refractivity contribution in [1.29, 1.82) is 0 Å². The highest BCUT2D eigenvalue weighted by Crippen LogP contribution is 2.17. The number of hydrogen-bond donors (Lipinski definition) is 1. The van der Waals surface area contributed by atoms with E-state index in [-0.39, 0.29) is 5.97 Å². The molecule has 6 heteroatoms. The Hall–Kier alpha value is -2.37. The summed E-state index contributed by atoms with van der Waals surface area (Å²) in [5, 5.41) is 4.28. The van der Waals surface area contributed by atoms with Crippen molar-refractivity contribution in [3.05, 3.63) is 30.6 Å². The van der Waals surface area contributed by atoms with Crippen LogP contribution in [0.1, 0.15) is 19.9 Å². The van der Waals surface area contributed by atoms with E-state index in [1.807, 2.05) is 12.1 Å². The second-order valence-electron chi connectivity index (χ2n) is 4.10. The lowest BCUT2D eigenvalue weighted by atomic mass is 10.2. The van der Waals surface area contributed by atoms with Gasteiger partial charge in [0.25, 0.3) is 0 Å². The lowest BCUT2D eigenvalue weighted by molar-refractivity contribution is -0.146. The number of rotatable bonds is 4. The summed E-state index contributed by atoms with van der Waals surface area (Å²) in [5.41, 5.74) is 7.16. The molecule has 0 fully saturated rings. The van der Waals surface area contributed by atoms with Crippen LogP contribution in [0.15, 0.2) is 30.6 Å². The van der Waals surface area contributed by atoms with Crippen LogP contribution in [0.25, 0.3) is 11.4 Å². The van der Waals surface area contributed by atoms with Gasteiger partial charge in [-0.15, -0.1) is 0 Å². The van der Waals surface area contributed by atoms with Crippen LogP contribution < -0.4 is 5.73 Å². The van der Waals surface area contributed by atoms with Crippen LogP contribution in [0, 0.1) is 0 Å². The van der Waals surface area contributed by atoms with E-state index in [1.54, 1.807) is 26.0 Å². The average molecular weight is 260 g/mol. The Morgan fingerprint density at radius 2 is 2.11 bits per heavy atom. The van der Waals surface area contributed by atoms with Crippen LogP contribution in [0.4, 0.5) is 5.69 Å². The number of benzene rings is 1. The number of carbonyl (C=O) groups excluding carboxylic acids is 1. The number of aromatic nitrogens is 3. The van der Waals surface area contributed by atoms with Crippen LogP contribution in [0.5, 0.6) is 0 Å². The summed E-state index contributed by atoms with van der Waals surface area (Å²) >= 11 is 0. The van der Waals surface area contributed by atoms with E-state index in [0.717, 1.165) is 5.56 Å². The fourth-order valence-corrected chi connectivity index (χ4v) is 1.60. The summed E-state index contributed by atoms with van der Waals surface area (Å²) in [6.45, 7) is 3.84. The highest BCUT2D eigenvalue weighted by atomic mass is 16.5. The molecule has 0 saturated carbocycles. The number of hydrogen-bond acceptors (Lipinski definition) is 5. The summed E-state index contributed by atoms with van der Waals surface area (Å²) in [5.74, 6) is 0.229. The molecule has 100 valence electrons. The predicted molar refractivity (Wildman–Crippen MR) is 71.2 cm³/mol. The summed E-state index contributed by atoms with van der Waals surface area (Å²) < 4.78 is 6.43. The highest BCUT2D eigenvalue weighted by molar-refractivity contribution is 5.73. The van der Waals surface area contributed by atoms with Crippen LogP contribution >= 0.6 is 0 Å². The van der Waals surface area contributed by atoms with Crippen molar-refractivity contribution < 1.29 is 9.53 Å². The third kappa shape index (κ3) is 2.90. The van der Waals surface area contributed by atoms with Gasteiger partial charge in [-0.3, -0.25) is 0 Å². The number of nitrogen functional groups attached to an aromatic ring is 1. The maximum absolute atomic E-state index is 11.6. The molecule has 2 rings (SSSR count). The van der Waals surface area contributed by atoms with Crippen LogP contribution in [-0.2, 0) is 9.53 Å². The molecule has 19 heavy (non-hydrogen) atoms. The Morgan fingerprint density at radius 1 is 1.42 bits per heavy atom. The van der Waals surface area contributed by atoms with Gasteiger partial charge in [0.1, 0.15) is 12.4 Å². The van der Waals surface area contributed by atoms with Gasteiger partial charge in [-0.05, 0) is 38.1 Å². The molecule has 1 aromatic heterocycles. The van der Waals surface area contributed by atoms with Crippen molar-refractivity contribution in [3.8, 4) is 11.4 Å². The molecule has 0 bridgehead atoms. The number of nitrogens with zero attached hydrogens (tertiary/aromatic N) is 3. The predicted octanol–water partition coefficient (Wildman–Crippen LogP) is 1.65. The molecule has 0 aliphatic carbocycles. The Morgan fingerprint density at radius 3 is 2.74 bits per heavy atom. The van der Waals surface area contributed by atoms with Crippen LogP contribution in [0.2, 0.25) is 0 Å². The minimum absolute atomic E-state index is 0.323. The molecular formula is C13H16N4O2. The quantitative estimate of drug-likeness (QED) is 0.667. The van der Waals surface area contributed by atoms with Gasteiger partial charge >= 0.3 is 5.97 Å². The molecule has 2 N–H and O–H groups in total. The van der Waals surface area contributed by atoms with Crippen molar-refractivity contribution in [2.45, 2.75) is 19.9 Å². The topological polar surface area (TPSA) is 83.0 Å². The first-order valence-electron chi connectivity index (χ1n) is 6.05. The number of esters is 1. The first-order valence-corrected chi connectivity index (χ1v) is 6.05. The third-order valence-corrected chi connectivity index (χ3v) is 2.70. The zero-order valence-corrected chi connectivity index (χ0v) is 10.9. The Bertz CT molecular complexity index is 562. The lowest BCUT2D eigenvalue weighted by Gasteiger charge is -2.09. The Labute approximate surface area is 111 Å². The summed E-state index contributed by atoms with van der Waals surface area (Å²) in [7, 11) is 0. The van der Waals surface area contributed by atoms with Crippen LogP contribution in [0.3, 0.4) is 0 Å². The molecule has 1 atom stereocenters. The lowest BCUT2D eigenvalue weighted by Crippen LogP contribution is -2.19. The van der Waals surface area contributed by atoms with Crippen molar-refractivity contribution in [3.63, 3.8) is 0 Å². The van der Waals surface area contributed by atoms with Gasteiger partial charge in [-0.1, -0.05) is 0 Å². The number of anilines is 1. The highest BCUT2D eigenvalue weighted by Gasteiger charge is 2.17. The van der Waals surface area contributed by atoms with E-state index in [4.69, 9.17) is 10.5 Å². The van der Waals surface area contributed by atoms with Crippen molar-refractivity contribution in [2.75, 3.05) is 12.3 Å². The monoisotopic (exact) mass is 260 g/mol. The molecule has 1 heterocycles. The molecule has 0 amide bonds. The molecule has 2 aromatic rings. The molecule has 0 radical (unpaired) electrons. The van der Waals surface area contributed by atoms with Gasteiger partial charge < -0.3 is 10.5 Å². The summed E-state index contributed by atoms with van der Waals surface area (Å²) in [4.78, 5) is 15.8. The van der Waals surface area contributed by atoms with Crippen molar-refractivity contribution >= 4 is 11.7 Å². The van der Waals surface area contributed by atoms with Gasteiger partial charge in [-0.25, -0.2) is 14.5 Å². The zero-order chi connectivity index (χ0) is 13.8. The zero-order valence-electron chi connectivity index (χ0n) is 10.9. The van der Waals surface area contributed by atoms with E-state index in [0.29, 0.717) is 18.1 Å². The first-order chi connectivity index (χ1) is 9.11. The standard InChI is InChI=1S/C13H16N4O2/c1-3-19-13(18)9(2)17-8-15-12(16-17)10-4-6-11(14)7-5-10/h4-9H,3,14H2,1-2H3. The fraction of sp³-hybridized carbons (Fsp3) is 0.308. The average Bonchev–Trinajstić information content (AvgIpc) is 2.88. The maximum atomic E-state index is 11.6. The second-order valence-corrected chi connectivity index (χ2v) is 4.10. The molecule has 0 aliphatic heterocycles. The Kier molecular flexibility index (Phi) is 3.79. The van der Waals surface area contributed by atoms with Crippen LogP contribution in [-0.4, -0.2) is 27.3 Å². The molecule has 6 nitrogen and oxygen atoms in total. The summed E-state index contributed by atoms with van der Waals surface area (Å²) in [6, 6.07) is 6.75. The molecule has 1 unspecified atom stereocenters. The van der Waals surface area contributed by atoms with Crippen molar-refractivity contribution in [2.24, 2.45) is 0 Å². The molecule has 0 spiro atoms. The van der Waals surface area contributed by atoms with E-state index < -0.39 is 6.04 Å². The normalized spacial score (nSPS) is 12.1. The largest absolute Gasteiger partial charge is 0.464 e. The molecule has 0 saturated heterocycles. The van der Waals surface area contributed by atoms with E-state index in [1.165, 1.54) is 11.0 Å². The van der Waals surface area contributed by atoms with Gasteiger partial charge in [0.05, 0.1) is 6.61 Å². The molecule has 1 aromatic carbocycles. The van der Waals surface area contributed by atoms with E-state index >= 15 is 0 Å². The first kappa shape index (κ1) is 13.1. The third-order valence-electron chi connectivity index (χ3n) is 2.70. The molecular weight excluding hydrogens is 244 g/mol. The van der Waals surface area contributed by atoms with Gasteiger partial charge in [-0.2, -0.15) is 5.10 Å². The number of carbonyl (C=O) groups is 1. The maximum Gasteiger partial charge on any atom is 0.330 e. The second kappa shape index (κ2) is 5.51. The minimum atomic E-state index is -0.491. The molecule has 0 aliphatic rings. The van der Waals surface area contributed by atoms with Gasteiger partial charge in [0.15, 0.2) is 5.82 Å². The number of ether oxygens (including phenoxy) is 1.